The normalized spacial score (nSPS) is 16.9. The van der Waals surface area contributed by atoms with Gasteiger partial charge in [0.05, 0.1) is 21.2 Å². The second-order valence-corrected chi connectivity index (χ2v) is 8.27. The summed E-state index contributed by atoms with van der Waals surface area (Å²) in [6.07, 6.45) is 5.97. The third-order valence-electron chi connectivity index (χ3n) is 3.98. The summed E-state index contributed by atoms with van der Waals surface area (Å²) in [5, 5.41) is 8.16. The maximum atomic E-state index is 11.3. The van der Waals surface area contributed by atoms with E-state index in [1.165, 1.54) is 12.1 Å². The maximum Gasteiger partial charge on any atom is 0.238 e. The number of nitrogens with two attached hydrogens (primary N) is 1. The highest BCUT2D eigenvalue weighted by molar-refractivity contribution is 9.10. The van der Waals surface area contributed by atoms with Crippen LogP contribution in [0.2, 0.25) is 0 Å². The molecule has 0 aliphatic carbocycles. The van der Waals surface area contributed by atoms with Crippen LogP contribution in [0.3, 0.4) is 0 Å². The van der Waals surface area contributed by atoms with E-state index in [4.69, 9.17) is 9.88 Å². The highest BCUT2D eigenvalue weighted by Gasteiger charge is 2.16. The van der Waals surface area contributed by atoms with Gasteiger partial charge in [-0.2, -0.15) is 0 Å². The van der Waals surface area contributed by atoms with Crippen molar-refractivity contribution in [2.45, 2.75) is 36.7 Å². The van der Waals surface area contributed by atoms with Crippen molar-refractivity contribution in [3.63, 3.8) is 0 Å². The number of ether oxygens (including phenoxy) is 1. The standard InChI is InChI=1S/C16H19BrN4O3S.ClH/c17-14-10-19-16(21-15(14)8-5-12-2-1-9-24-12)20-11-3-6-13(7-4-11)25(18,22)23;/h3-4,6-7,10,12H,1-2,5,8-9H2,(H2,18,22,23)(H,19,20,21);1H. The Balaban J connectivity index is 0.00000243. The van der Waals surface area contributed by atoms with Crippen molar-refractivity contribution in [1.29, 1.82) is 0 Å². The molecule has 1 unspecified atom stereocenters. The molecule has 1 aliphatic rings. The van der Waals surface area contributed by atoms with E-state index in [-0.39, 0.29) is 17.3 Å². The van der Waals surface area contributed by atoms with E-state index in [2.05, 4.69) is 31.2 Å². The Morgan fingerprint density at radius 1 is 1.31 bits per heavy atom. The van der Waals surface area contributed by atoms with Crippen LogP contribution in [0.25, 0.3) is 0 Å². The van der Waals surface area contributed by atoms with Crippen LogP contribution in [0.15, 0.2) is 39.8 Å². The van der Waals surface area contributed by atoms with Gasteiger partial charge in [-0.05, 0) is 65.9 Å². The van der Waals surface area contributed by atoms with Gasteiger partial charge >= 0.3 is 0 Å². The van der Waals surface area contributed by atoms with Crippen molar-refractivity contribution in [2.24, 2.45) is 5.14 Å². The maximum absolute atomic E-state index is 11.3. The van der Waals surface area contributed by atoms with Gasteiger partial charge in [0, 0.05) is 18.5 Å². The van der Waals surface area contributed by atoms with Crippen molar-refractivity contribution in [2.75, 3.05) is 11.9 Å². The minimum absolute atomic E-state index is 0. The number of hydrogen-bond donors (Lipinski definition) is 2. The zero-order valence-corrected chi connectivity index (χ0v) is 17.1. The lowest BCUT2D eigenvalue weighted by atomic mass is 10.1. The molecule has 2 heterocycles. The Morgan fingerprint density at radius 2 is 2.04 bits per heavy atom. The molecule has 10 heteroatoms. The summed E-state index contributed by atoms with van der Waals surface area (Å²) in [6, 6.07) is 6.12. The summed E-state index contributed by atoms with van der Waals surface area (Å²) < 4.78 is 29.1. The van der Waals surface area contributed by atoms with Gasteiger partial charge in [-0.3, -0.25) is 0 Å². The van der Waals surface area contributed by atoms with Crippen LogP contribution in [0.5, 0.6) is 0 Å². The second kappa shape index (κ2) is 9.09. The van der Waals surface area contributed by atoms with Gasteiger partial charge in [-0.1, -0.05) is 0 Å². The van der Waals surface area contributed by atoms with Crippen LogP contribution in [-0.4, -0.2) is 31.1 Å². The Kier molecular flexibility index (Phi) is 7.36. The topological polar surface area (TPSA) is 107 Å². The lowest BCUT2D eigenvalue weighted by molar-refractivity contribution is 0.104. The number of nitrogens with one attached hydrogen (secondary N) is 1. The number of benzene rings is 1. The third-order valence-corrected chi connectivity index (χ3v) is 5.57. The smallest absolute Gasteiger partial charge is 0.238 e. The van der Waals surface area contributed by atoms with Gasteiger partial charge in [0.25, 0.3) is 0 Å². The molecule has 1 aromatic heterocycles. The molecule has 1 atom stereocenters. The second-order valence-electron chi connectivity index (χ2n) is 5.86. The molecule has 1 aromatic carbocycles. The average molecular weight is 464 g/mol. The van der Waals surface area contributed by atoms with Crippen LogP contribution in [0.1, 0.15) is 25.0 Å². The molecule has 7 nitrogen and oxygen atoms in total. The number of rotatable bonds is 6. The largest absolute Gasteiger partial charge is 0.378 e. The zero-order valence-electron chi connectivity index (χ0n) is 13.9. The highest BCUT2D eigenvalue weighted by Crippen LogP contribution is 2.23. The number of anilines is 2. The number of aromatic nitrogens is 2. The Hall–Kier alpha value is -1.26. The molecule has 0 radical (unpaired) electrons. The van der Waals surface area contributed by atoms with Gasteiger partial charge in [-0.15, -0.1) is 12.4 Å². The van der Waals surface area contributed by atoms with Gasteiger partial charge in [0.15, 0.2) is 0 Å². The molecular formula is C16H20BrClN4O3S. The zero-order chi connectivity index (χ0) is 17.9. The van der Waals surface area contributed by atoms with Crippen LogP contribution in [0.4, 0.5) is 11.6 Å². The van der Waals surface area contributed by atoms with Crippen LogP contribution >= 0.6 is 28.3 Å². The van der Waals surface area contributed by atoms with Gasteiger partial charge in [0.1, 0.15) is 0 Å². The fraction of sp³-hybridized carbons (Fsp3) is 0.375. The summed E-state index contributed by atoms with van der Waals surface area (Å²) in [4.78, 5) is 8.84. The molecule has 1 aliphatic heterocycles. The summed E-state index contributed by atoms with van der Waals surface area (Å²) in [7, 11) is -3.70. The van der Waals surface area contributed by atoms with E-state index in [1.807, 2.05) is 0 Å². The third kappa shape index (κ3) is 5.62. The van der Waals surface area contributed by atoms with Gasteiger partial charge < -0.3 is 10.1 Å². The summed E-state index contributed by atoms with van der Waals surface area (Å²) in [6.45, 7) is 0.844. The molecule has 3 rings (SSSR count). The molecule has 0 spiro atoms. The Bertz CT molecular complexity index is 843. The van der Waals surface area contributed by atoms with Gasteiger partial charge in [0.2, 0.25) is 16.0 Å². The average Bonchev–Trinajstić information content (AvgIpc) is 3.08. The summed E-state index contributed by atoms with van der Waals surface area (Å²) in [5.41, 5.74) is 1.59. The monoisotopic (exact) mass is 462 g/mol. The summed E-state index contributed by atoms with van der Waals surface area (Å²) in [5.74, 6) is 0.453. The highest BCUT2D eigenvalue weighted by atomic mass is 79.9. The number of sulfonamides is 1. The molecule has 26 heavy (non-hydrogen) atoms. The van der Waals surface area contributed by atoms with Crippen molar-refractivity contribution in [3.8, 4) is 0 Å². The van der Waals surface area contributed by atoms with E-state index in [1.54, 1.807) is 18.3 Å². The SMILES string of the molecule is Cl.NS(=O)(=O)c1ccc(Nc2ncc(Br)c(CCC3CCCO3)n2)cc1. The molecular weight excluding hydrogens is 444 g/mol. The van der Waals surface area contributed by atoms with Crippen LogP contribution in [0, 0.1) is 0 Å². The first-order valence-electron chi connectivity index (χ1n) is 7.95. The fourth-order valence-electron chi connectivity index (χ4n) is 2.66. The Labute approximate surface area is 167 Å². The predicted molar refractivity (Wildman–Crippen MR) is 105 cm³/mol. The number of nitrogens with zero attached hydrogens (tertiary/aromatic N) is 2. The fourth-order valence-corrected chi connectivity index (χ4v) is 3.57. The van der Waals surface area contributed by atoms with E-state index in [9.17, 15) is 8.42 Å². The number of halogens is 2. The lowest BCUT2D eigenvalue weighted by Gasteiger charge is -2.11. The molecule has 0 amide bonds. The van der Waals surface area contributed by atoms with E-state index >= 15 is 0 Å². The van der Waals surface area contributed by atoms with Crippen molar-refractivity contribution in [1.82, 2.24) is 9.97 Å². The quantitative estimate of drug-likeness (QED) is 0.681. The first-order chi connectivity index (χ1) is 11.9. The van der Waals surface area contributed by atoms with Crippen LogP contribution in [-0.2, 0) is 21.2 Å². The number of aryl methyl sites for hydroxylation is 1. The van der Waals surface area contributed by atoms with Crippen molar-refractivity contribution >= 4 is 50.0 Å². The van der Waals surface area contributed by atoms with E-state index in [0.717, 1.165) is 42.5 Å². The number of hydrogen-bond acceptors (Lipinski definition) is 6. The molecule has 0 bridgehead atoms. The Morgan fingerprint density at radius 3 is 2.65 bits per heavy atom. The molecule has 3 N–H and O–H groups in total. The molecule has 0 saturated carbocycles. The van der Waals surface area contributed by atoms with Crippen molar-refractivity contribution < 1.29 is 13.2 Å². The van der Waals surface area contributed by atoms with Crippen molar-refractivity contribution in [3.05, 3.63) is 40.6 Å². The first kappa shape index (κ1) is 21.0. The van der Waals surface area contributed by atoms with E-state index < -0.39 is 10.0 Å². The molecule has 142 valence electrons. The first-order valence-corrected chi connectivity index (χ1v) is 10.3. The molecule has 1 fully saturated rings. The van der Waals surface area contributed by atoms with E-state index in [0.29, 0.717) is 17.7 Å². The molecule has 2 aromatic rings. The number of primary sulfonamides is 1. The van der Waals surface area contributed by atoms with Crippen LogP contribution < -0.4 is 10.5 Å². The van der Waals surface area contributed by atoms with Gasteiger partial charge in [-0.25, -0.2) is 23.5 Å². The summed E-state index contributed by atoms with van der Waals surface area (Å²) >= 11 is 3.48. The minimum atomic E-state index is -3.70. The lowest BCUT2D eigenvalue weighted by Crippen LogP contribution is -2.12. The predicted octanol–water partition coefficient (Wildman–Crippen LogP) is 3.16. The minimum Gasteiger partial charge on any atom is -0.378 e. The molecule has 1 saturated heterocycles.